The molecule has 0 aromatic heterocycles. The number of benzene rings is 1. The second kappa shape index (κ2) is 5.56. The van der Waals surface area contributed by atoms with Crippen molar-refractivity contribution in [3.63, 3.8) is 0 Å². The second-order valence-electron chi connectivity index (χ2n) is 4.40. The Balaban J connectivity index is 2.25. The summed E-state index contributed by atoms with van der Waals surface area (Å²) < 4.78 is 32.4. The van der Waals surface area contributed by atoms with Crippen molar-refractivity contribution < 1.29 is 13.5 Å². The molecule has 1 aliphatic rings. The van der Waals surface area contributed by atoms with Gasteiger partial charge in [0.15, 0.2) is 0 Å². The van der Waals surface area contributed by atoms with Crippen molar-refractivity contribution in [2.24, 2.45) is 0 Å². The van der Waals surface area contributed by atoms with Crippen molar-refractivity contribution in [3.05, 3.63) is 34.9 Å². The van der Waals surface area contributed by atoms with Gasteiger partial charge < -0.3 is 10.1 Å². The first-order chi connectivity index (χ1) is 8.22. The van der Waals surface area contributed by atoms with E-state index in [0.717, 1.165) is 25.8 Å². The van der Waals surface area contributed by atoms with Gasteiger partial charge in [0, 0.05) is 24.3 Å². The summed E-state index contributed by atoms with van der Waals surface area (Å²) in [6.07, 6.45) is 3.01. The molecule has 1 N–H and O–H groups in total. The number of nitrogens with one attached hydrogen (secondary N) is 1. The van der Waals surface area contributed by atoms with E-state index >= 15 is 0 Å². The van der Waals surface area contributed by atoms with E-state index in [1.807, 2.05) is 0 Å². The molecule has 1 fully saturated rings. The molecule has 1 aliphatic heterocycles. The van der Waals surface area contributed by atoms with Crippen LogP contribution in [0.15, 0.2) is 12.1 Å². The maximum atomic E-state index is 13.9. The van der Waals surface area contributed by atoms with Crippen molar-refractivity contribution in [2.75, 3.05) is 13.7 Å². The number of hydrogen-bond donors (Lipinski definition) is 1. The highest BCUT2D eigenvalue weighted by Crippen LogP contribution is 2.27. The molecular weight excluding hydrogens is 224 g/mol. The Morgan fingerprint density at radius 1 is 1.29 bits per heavy atom. The highest BCUT2D eigenvalue weighted by atomic mass is 19.1. The lowest BCUT2D eigenvalue weighted by atomic mass is 9.96. The summed E-state index contributed by atoms with van der Waals surface area (Å²) in [7, 11) is 1.47. The average molecular weight is 241 g/mol. The summed E-state index contributed by atoms with van der Waals surface area (Å²) in [6, 6.07) is 2.48. The monoisotopic (exact) mass is 241 g/mol. The number of methoxy groups -OCH3 is 1. The molecule has 94 valence electrons. The fourth-order valence-electron chi connectivity index (χ4n) is 2.25. The van der Waals surface area contributed by atoms with Gasteiger partial charge in [-0.1, -0.05) is 6.42 Å². The third-order valence-electron chi connectivity index (χ3n) is 3.15. The molecule has 0 bridgehead atoms. The zero-order chi connectivity index (χ0) is 12.3. The van der Waals surface area contributed by atoms with Crippen LogP contribution in [-0.4, -0.2) is 13.7 Å². The Kier molecular flexibility index (Phi) is 4.07. The zero-order valence-corrected chi connectivity index (χ0v) is 9.93. The smallest absolute Gasteiger partial charge is 0.129 e. The van der Waals surface area contributed by atoms with Gasteiger partial charge in [0.2, 0.25) is 0 Å². The molecule has 0 radical (unpaired) electrons. The Morgan fingerprint density at radius 2 is 2.12 bits per heavy atom. The first-order valence-electron chi connectivity index (χ1n) is 5.92. The van der Waals surface area contributed by atoms with E-state index < -0.39 is 5.82 Å². The van der Waals surface area contributed by atoms with Crippen LogP contribution in [0.25, 0.3) is 0 Å². The molecule has 1 aromatic carbocycles. The molecule has 2 rings (SSSR count). The van der Waals surface area contributed by atoms with Crippen LogP contribution < -0.4 is 5.32 Å². The summed E-state index contributed by atoms with van der Waals surface area (Å²) in [5, 5.41) is 3.22. The summed E-state index contributed by atoms with van der Waals surface area (Å²) in [4.78, 5) is 0. The van der Waals surface area contributed by atoms with E-state index in [2.05, 4.69) is 5.32 Å². The lowest BCUT2D eigenvalue weighted by molar-refractivity contribution is 0.181. The number of piperidine rings is 1. The van der Waals surface area contributed by atoms with E-state index in [1.54, 1.807) is 0 Å². The molecule has 0 aliphatic carbocycles. The highest BCUT2D eigenvalue weighted by Gasteiger charge is 2.20. The molecule has 4 heteroatoms. The van der Waals surface area contributed by atoms with Crippen molar-refractivity contribution >= 4 is 0 Å². The molecule has 0 amide bonds. The predicted octanol–water partition coefficient (Wildman–Crippen LogP) is 2.93. The first kappa shape index (κ1) is 12.5. The van der Waals surface area contributed by atoms with Crippen molar-refractivity contribution in [3.8, 4) is 0 Å². The van der Waals surface area contributed by atoms with Crippen LogP contribution in [0.5, 0.6) is 0 Å². The highest BCUT2D eigenvalue weighted by molar-refractivity contribution is 5.28. The van der Waals surface area contributed by atoms with Gasteiger partial charge in [-0.15, -0.1) is 0 Å². The van der Waals surface area contributed by atoms with Crippen LogP contribution in [0.1, 0.15) is 36.4 Å². The van der Waals surface area contributed by atoms with E-state index in [0.29, 0.717) is 5.56 Å². The number of rotatable bonds is 3. The molecule has 1 atom stereocenters. The zero-order valence-electron chi connectivity index (χ0n) is 9.93. The minimum atomic E-state index is -0.393. The van der Waals surface area contributed by atoms with Gasteiger partial charge >= 0.3 is 0 Å². The standard InChI is InChI=1S/C13H17F2NO/c1-17-8-9-6-12(15)10(7-11(9)14)13-4-2-3-5-16-13/h6-7,13,16H,2-5,8H2,1H3. The normalized spacial score (nSPS) is 20.5. The van der Waals surface area contributed by atoms with E-state index in [9.17, 15) is 8.78 Å². The minimum Gasteiger partial charge on any atom is -0.380 e. The topological polar surface area (TPSA) is 21.3 Å². The van der Waals surface area contributed by atoms with Crippen LogP contribution in [0.4, 0.5) is 8.78 Å². The molecule has 1 unspecified atom stereocenters. The molecular formula is C13H17F2NO. The van der Waals surface area contributed by atoms with Crippen LogP contribution in [0, 0.1) is 11.6 Å². The van der Waals surface area contributed by atoms with Crippen molar-refractivity contribution in [1.29, 1.82) is 0 Å². The Hall–Kier alpha value is -1.00. The van der Waals surface area contributed by atoms with Crippen LogP contribution >= 0.6 is 0 Å². The lowest BCUT2D eigenvalue weighted by Crippen LogP contribution is -2.27. The van der Waals surface area contributed by atoms with Crippen LogP contribution in [0.3, 0.4) is 0 Å². The Morgan fingerprint density at radius 3 is 2.76 bits per heavy atom. The third-order valence-corrected chi connectivity index (χ3v) is 3.15. The van der Waals surface area contributed by atoms with E-state index in [1.165, 1.54) is 19.2 Å². The third kappa shape index (κ3) is 2.82. The second-order valence-corrected chi connectivity index (χ2v) is 4.40. The largest absolute Gasteiger partial charge is 0.380 e. The van der Waals surface area contributed by atoms with Gasteiger partial charge in [-0.3, -0.25) is 0 Å². The Labute approximate surface area is 100.0 Å². The number of halogens is 2. The molecule has 2 nitrogen and oxygen atoms in total. The maximum Gasteiger partial charge on any atom is 0.129 e. The van der Waals surface area contributed by atoms with Gasteiger partial charge in [0.05, 0.1) is 6.61 Å². The van der Waals surface area contributed by atoms with Gasteiger partial charge in [0.1, 0.15) is 11.6 Å². The number of ether oxygens (including phenoxy) is 1. The first-order valence-corrected chi connectivity index (χ1v) is 5.92. The van der Waals surface area contributed by atoms with Gasteiger partial charge in [0.25, 0.3) is 0 Å². The van der Waals surface area contributed by atoms with E-state index in [-0.39, 0.29) is 24.0 Å². The molecule has 1 saturated heterocycles. The fraction of sp³-hybridized carbons (Fsp3) is 0.538. The molecule has 1 aromatic rings. The van der Waals surface area contributed by atoms with Crippen molar-refractivity contribution in [2.45, 2.75) is 31.9 Å². The average Bonchev–Trinajstić information content (AvgIpc) is 2.35. The summed E-state index contributed by atoms with van der Waals surface area (Å²) in [6.45, 7) is 0.965. The van der Waals surface area contributed by atoms with Gasteiger partial charge in [-0.25, -0.2) is 8.78 Å². The summed E-state index contributed by atoms with van der Waals surface area (Å²) in [5.74, 6) is -0.742. The number of hydrogen-bond acceptors (Lipinski definition) is 2. The Bertz CT molecular complexity index is 389. The van der Waals surface area contributed by atoms with E-state index in [4.69, 9.17) is 4.74 Å². The van der Waals surface area contributed by atoms with Gasteiger partial charge in [-0.2, -0.15) is 0 Å². The summed E-state index contributed by atoms with van der Waals surface area (Å²) >= 11 is 0. The van der Waals surface area contributed by atoms with Crippen LogP contribution in [0.2, 0.25) is 0 Å². The lowest BCUT2D eigenvalue weighted by Gasteiger charge is -2.24. The summed E-state index contributed by atoms with van der Waals surface area (Å²) in [5.41, 5.74) is 0.701. The van der Waals surface area contributed by atoms with Crippen LogP contribution in [-0.2, 0) is 11.3 Å². The molecule has 0 spiro atoms. The molecule has 17 heavy (non-hydrogen) atoms. The van der Waals surface area contributed by atoms with Crippen molar-refractivity contribution in [1.82, 2.24) is 5.32 Å². The fourth-order valence-corrected chi connectivity index (χ4v) is 2.25. The molecule has 0 saturated carbocycles. The molecule has 1 heterocycles. The predicted molar refractivity (Wildman–Crippen MR) is 61.7 cm³/mol. The minimum absolute atomic E-state index is 0.0603. The SMILES string of the molecule is COCc1cc(F)c(C2CCCCN2)cc1F. The maximum absolute atomic E-state index is 13.9. The van der Waals surface area contributed by atoms with Gasteiger partial charge in [-0.05, 0) is 31.5 Å². The quantitative estimate of drug-likeness (QED) is 0.878.